The lowest BCUT2D eigenvalue weighted by atomic mass is 10.1. The van der Waals surface area contributed by atoms with Crippen LogP contribution >= 0.6 is 12.6 Å². The average Bonchev–Trinajstić information content (AvgIpc) is 2.09. The van der Waals surface area contributed by atoms with Crippen molar-refractivity contribution in [2.45, 2.75) is 32.5 Å². The summed E-state index contributed by atoms with van der Waals surface area (Å²) >= 11 is 4.10. The van der Waals surface area contributed by atoms with E-state index in [1.165, 1.54) is 0 Å². The van der Waals surface area contributed by atoms with Crippen LogP contribution in [-0.2, 0) is 9.47 Å². The summed E-state index contributed by atoms with van der Waals surface area (Å²) < 4.78 is 11.3. The molecule has 3 nitrogen and oxygen atoms in total. The standard InChI is InChI=1S/C11H23NO2S/c1-10-8-12(4-5-13-6-7-15)9-11(2,3)14-10/h10,15H,4-9H2,1-3H3. The van der Waals surface area contributed by atoms with E-state index in [1.807, 2.05) is 0 Å². The molecule has 90 valence electrons. The van der Waals surface area contributed by atoms with Gasteiger partial charge in [-0.2, -0.15) is 12.6 Å². The maximum atomic E-state index is 5.84. The highest BCUT2D eigenvalue weighted by Gasteiger charge is 2.30. The Balaban J connectivity index is 2.23. The molecule has 1 aliphatic heterocycles. The molecule has 0 amide bonds. The lowest BCUT2D eigenvalue weighted by Crippen LogP contribution is -2.52. The van der Waals surface area contributed by atoms with Crippen LogP contribution in [0.2, 0.25) is 0 Å². The van der Waals surface area contributed by atoms with Crippen LogP contribution in [0.3, 0.4) is 0 Å². The number of nitrogens with zero attached hydrogens (tertiary/aromatic N) is 1. The van der Waals surface area contributed by atoms with Crippen molar-refractivity contribution in [2.24, 2.45) is 0 Å². The molecule has 1 unspecified atom stereocenters. The molecule has 4 heteroatoms. The third kappa shape index (κ3) is 5.20. The molecule has 1 atom stereocenters. The molecule has 1 fully saturated rings. The van der Waals surface area contributed by atoms with E-state index in [1.54, 1.807) is 0 Å². The van der Waals surface area contributed by atoms with Gasteiger partial charge in [-0.1, -0.05) is 0 Å². The zero-order valence-corrected chi connectivity index (χ0v) is 10.9. The van der Waals surface area contributed by atoms with Gasteiger partial charge in [0.05, 0.1) is 24.9 Å². The minimum absolute atomic E-state index is 0.0266. The maximum Gasteiger partial charge on any atom is 0.0757 e. The van der Waals surface area contributed by atoms with Crippen LogP contribution < -0.4 is 0 Å². The van der Waals surface area contributed by atoms with Gasteiger partial charge in [0.1, 0.15) is 0 Å². The minimum Gasteiger partial charge on any atom is -0.379 e. The Labute approximate surface area is 98.5 Å². The van der Waals surface area contributed by atoms with Gasteiger partial charge in [0.15, 0.2) is 0 Å². The molecular weight excluding hydrogens is 210 g/mol. The van der Waals surface area contributed by atoms with Crippen molar-refractivity contribution in [1.82, 2.24) is 4.90 Å². The van der Waals surface area contributed by atoms with Crippen molar-refractivity contribution in [1.29, 1.82) is 0 Å². The highest BCUT2D eigenvalue weighted by atomic mass is 32.1. The van der Waals surface area contributed by atoms with E-state index in [0.29, 0.717) is 6.10 Å². The fourth-order valence-corrected chi connectivity index (χ4v) is 2.25. The molecule has 0 aliphatic carbocycles. The van der Waals surface area contributed by atoms with Crippen LogP contribution in [-0.4, -0.2) is 55.2 Å². The van der Waals surface area contributed by atoms with Crippen LogP contribution in [0.25, 0.3) is 0 Å². The van der Waals surface area contributed by atoms with Gasteiger partial charge in [0.25, 0.3) is 0 Å². The Bertz CT molecular complexity index is 187. The van der Waals surface area contributed by atoms with Gasteiger partial charge < -0.3 is 9.47 Å². The summed E-state index contributed by atoms with van der Waals surface area (Å²) in [5.74, 6) is 0.797. The molecular formula is C11H23NO2S. The third-order valence-electron chi connectivity index (χ3n) is 2.43. The van der Waals surface area contributed by atoms with E-state index in [4.69, 9.17) is 9.47 Å². The van der Waals surface area contributed by atoms with Gasteiger partial charge >= 0.3 is 0 Å². The summed E-state index contributed by atoms with van der Waals surface area (Å²) in [6, 6.07) is 0. The summed E-state index contributed by atoms with van der Waals surface area (Å²) in [7, 11) is 0. The molecule has 1 heterocycles. The van der Waals surface area contributed by atoms with Gasteiger partial charge in [-0.05, 0) is 20.8 Å². The van der Waals surface area contributed by atoms with Crippen molar-refractivity contribution in [3.05, 3.63) is 0 Å². The van der Waals surface area contributed by atoms with Crippen molar-refractivity contribution < 1.29 is 9.47 Å². The first-order chi connectivity index (χ1) is 7.03. The van der Waals surface area contributed by atoms with Gasteiger partial charge in [-0.25, -0.2) is 0 Å². The quantitative estimate of drug-likeness (QED) is 0.573. The summed E-state index contributed by atoms with van der Waals surface area (Å²) in [4.78, 5) is 2.41. The minimum atomic E-state index is -0.0266. The molecule has 0 aromatic carbocycles. The highest BCUT2D eigenvalue weighted by Crippen LogP contribution is 2.20. The second-order valence-corrected chi connectivity index (χ2v) is 5.21. The third-order valence-corrected chi connectivity index (χ3v) is 2.61. The summed E-state index contributed by atoms with van der Waals surface area (Å²) in [6.45, 7) is 10.9. The summed E-state index contributed by atoms with van der Waals surface area (Å²) in [5, 5.41) is 0. The van der Waals surface area contributed by atoms with Crippen LogP contribution in [0.5, 0.6) is 0 Å². The average molecular weight is 233 g/mol. The number of morpholine rings is 1. The smallest absolute Gasteiger partial charge is 0.0757 e. The van der Waals surface area contributed by atoms with E-state index in [2.05, 4.69) is 38.3 Å². The SMILES string of the molecule is CC1CN(CCOCCS)CC(C)(C)O1. The monoisotopic (exact) mass is 233 g/mol. The maximum absolute atomic E-state index is 5.84. The van der Waals surface area contributed by atoms with Crippen molar-refractivity contribution in [3.63, 3.8) is 0 Å². The Morgan fingerprint density at radius 3 is 2.80 bits per heavy atom. The lowest BCUT2D eigenvalue weighted by molar-refractivity contribution is -0.131. The number of hydrogen-bond acceptors (Lipinski definition) is 4. The molecule has 1 aliphatic rings. The van der Waals surface area contributed by atoms with Crippen LogP contribution in [0.1, 0.15) is 20.8 Å². The van der Waals surface area contributed by atoms with Gasteiger partial charge in [0, 0.05) is 25.4 Å². The molecule has 15 heavy (non-hydrogen) atoms. The first-order valence-corrected chi connectivity index (χ1v) is 6.25. The second-order valence-electron chi connectivity index (χ2n) is 4.76. The van der Waals surface area contributed by atoms with Gasteiger partial charge in [0.2, 0.25) is 0 Å². The van der Waals surface area contributed by atoms with Crippen molar-refractivity contribution >= 4 is 12.6 Å². The van der Waals surface area contributed by atoms with E-state index in [0.717, 1.165) is 38.6 Å². The number of hydrogen-bond donors (Lipinski definition) is 1. The van der Waals surface area contributed by atoms with E-state index < -0.39 is 0 Å². The van der Waals surface area contributed by atoms with E-state index in [9.17, 15) is 0 Å². The van der Waals surface area contributed by atoms with Crippen LogP contribution in [0.4, 0.5) is 0 Å². The largest absolute Gasteiger partial charge is 0.379 e. The predicted octanol–water partition coefficient (Wildman–Crippen LogP) is 1.43. The van der Waals surface area contributed by atoms with Crippen molar-refractivity contribution in [3.8, 4) is 0 Å². The van der Waals surface area contributed by atoms with E-state index >= 15 is 0 Å². The van der Waals surface area contributed by atoms with Gasteiger partial charge in [-0.15, -0.1) is 0 Å². The Morgan fingerprint density at radius 1 is 1.47 bits per heavy atom. The fraction of sp³-hybridized carbons (Fsp3) is 1.00. The second kappa shape index (κ2) is 6.09. The first kappa shape index (κ1) is 13.3. The zero-order chi connectivity index (χ0) is 11.3. The molecule has 1 rings (SSSR count). The first-order valence-electron chi connectivity index (χ1n) is 5.62. The Morgan fingerprint density at radius 2 is 2.20 bits per heavy atom. The van der Waals surface area contributed by atoms with Crippen LogP contribution in [0, 0.1) is 0 Å². The fourth-order valence-electron chi connectivity index (χ4n) is 2.12. The molecule has 0 bridgehead atoms. The zero-order valence-electron chi connectivity index (χ0n) is 10.0. The number of rotatable bonds is 5. The van der Waals surface area contributed by atoms with Crippen molar-refractivity contribution in [2.75, 3.05) is 38.6 Å². The number of thiol groups is 1. The molecule has 0 aromatic heterocycles. The van der Waals surface area contributed by atoms with Gasteiger partial charge in [-0.3, -0.25) is 4.90 Å². The Hall–Kier alpha value is 0.230. The highest BCUT2D eigenvalue weighted by molar-refractivity contribution is 7.80. The number of ether oxygens (including phenoxy) is 2. The lowest BCUT2D eigenvalue weighted by Gasteiger charge is -2.41. The predicted molar refractivity (Wildman–Crippen MR) is 65.7 cm³/mol. The topological polar surface area (TPSA) is 21.7 Å². The van der Waals surface area contributed by atoms with E-state index in [-0.39, 0.29) is 5.60 Å². The summed E-state index contributed by atoms with van der Waals surface area (Å²) in [5.41, 5.74) is -0.0266. The molecule has 0 saturated carbocycles. The van der Waals surface area contributed by atoms with Crippen LogP contribution in [0.15, 0.2) is 0 Å². The molecule has 0 radical (unpaired) electrons. The summed E-state index contributed by atoms with van der Waals surface area (Å²) in [6.07, 6.45) is 0.318. The Kier molecular flexibility index (Phi) is 5.39. The molecule has 0 aromatic rings. The molecule has 1 saturated heterocycles. The molecule has 0 spiro atoms. The molecule has 0 N–H and O–H groups in total. The normalized spacial score (nSPS) is 26.8.